The molecule has 0 saturated carbocycles. The van der Waals surface area contributed by atoms with Crippen molar-refractivity contribution in [3.8, 4) is 0 Å². The van der Waals surface area contributed by atoms with Crippen molar-refractivity contribution in [2.45, 2.75) is 39.5 Å². The van der Waals surface area contributed by atoms with Gasteiger partial charge in [-0.2, -0.15) is 4.57 Å². The average Bonchev–Trinajstić information content (AvgIpc) is 3.48. The number of aromatic nitrogens is 3. The van der Waals surface area contributed by atoms with Gasteiger partial charge in [0.25, 0.3) is 0 Å². The highest BCUT2D eigenvalue weighted by Gasteiger charge is 2.60. The number of hydrogen-bond donors (Lipinski definition) is 2. The first-order valence-corrected chi connectivity index (χ1v) is 12.6. The summed E-state index contributed by atoms with van der Waals surface area (Å²) in [6.45, 7) is 5.32. The molecule has 4 atom stereocenters. The largest absolute Gasteiger partial charge is 0.477 e. The number of nitrogens with zero attached hydrogens (tertiary/aromatic N) is 4. The highest BCUT2D eigenvalue weighted by molar-refractivity contribution is 7.18. The quantitative estimate of drug-likeness (QED) is 0.193. The smallest absolute Gasteiger partial charge is 0.372 e. The highest BCUT2D eigenvalue weighted by Crippen LogP contribution is 2.51. The molecule has 192 valence electrons. The molecule has 0 aromatic carbocycles. The summed E-state index contributed by atoms with van der Waals surface area (Å²) >= 11 is 1.22. The summed E-state index contributed by atoms with van der Waals surface area (Å²) in [6.07, 6.45) is 5.51. The van der Waals surface area contributed by atoms with Gasteiger partial charge in [-0.3, -0.25) is 14.0 Å². The first kappa shape index (κ1) is 24.8. The van der Waals surface area contributed by atoms with Crippen LogP contribution in [0.4, 0.5) is 0 Å². The lowest BCUT2D eigenvalue weighted by atomic mass is 9.77. The van der Waals surface area contributed by atoms with E-state index in [-0.39, 0.29) is 36.2 Å². The molecule has 0 aliphatic carbocycles. The van der Waals surface area contributed by atoms with Gasteiger partial charge < -0.3 is 19.8 Å². The minimum atomic E-state index is -1.22. The van der Waals surface area contributed by atoms with Crippen molar-refractivity contribution >= 4 is 45.4 Å². The Morgan fingerprint density at radius 2 is 2.08 bits per heavy atom. The van der Waals surface area contributed by atoms with Crippen molar-refractivity contribution in [2.75, 3.05) is 6.61 Å². The van der Waals surface area contributed by atoms with E-state index in [1.807, 2.05) is 6.92 Å². The minimum absolute atomic E-state index is 0.0371. The second-order valence-electron chi connectivity index (χ2n) is 9.12. The maximum absolute atomic E-state index is 13.3. The van der Waals surface area contributed by atoms with E-state index in [9.17, 15) is 29.4 Å². The number of hydrogen-bond acceptors (Lipinski definition) is 8. The van der Waals surface area contributed by atoms with E-state index in [1.54, 1.807) is 46.6 Å². The van der Waals surface area contributed by atoms with Crippen molar-refractivity contribution in [3.05, 3.63) is 58.9 Å². The van der Waals surface area contributed by atoms with E-state index in [1.165, 1.54) is 29.5 Å². The molecule has 11 nitrogen and oxygen atoms in total. The lowest BCUT2D eigenvalue weighted by Gasteiger charge is -2.46. The molecule has 3 aromatic heterocycles. The Bertz CT molecular complexity index is 1490. The number of aliphatic carboxylic acids is 1. The third-order valence-electron chi connectivity index (χ3n) is 6.80. The van der Waals surface area contributed by atoms with E-state index in [0.717, 1.165) is 0 Å². The van der Waals surface area contributed by atoms with Crippen LogP contribution in [0.2, 0.25) is 0 Å². The molecule has 0 spiro atoms. The molecule has 0 bridgehead atoms. The molecule has 0 radical (unpaired) electrons. The van der Waals surface area contributed by atoms with Gasteiger partial charge in [-0.05, 0) is 19.9 Å². The van der Waals surface area contributed by atoms with E-state index in [0.29, 0.717) is 20.8 Å². The standard InChI is InChI=1S/C25H24N4O7S/c1-4-36-16(31)10-27-7-5-6-14(8-27)22(32)19-24-28(11-26-19)9-15(37-24)17-12(2)20-18(13(3)30)23(33)29(20)21(17)25(34)35/h5-9,11-13,18,20,30H,4,10H2,1-3H3/p+1/t12-,13+,18+,20+/m0/s1. The number of amides is 1. The number of carbonyl (C=O) groups is 4. The fourth-order valence-corrected chi connectivity index (χ4v) is 6.43. The van der Waals surface area contributed by atoms with Crippen LogP contribution in [-0.4, -0.2) is 66.9 Å². The second kappa shape index (κ2) is 9.20. The van der Waals surface area contributed by atoms with E-state index in [2.05, 4.69) is 4.98 Å². The molecule has 1 saturated heterocycles. The molecular weight excluding hydrogens is 500 g/mol. The normalized spacial score (nSPS) is 21.7. The number of aliphatic hydroxyl groups is 1. The zero-order chi connectivity index (χ0) is 26.6. The van der Waals surface area contributed by atoms with Crippen LogP contribution in [0.1, 0.15) is 41.7 Å². The molecule has 5 heterocycles. The third-order valence-corrected chi connectivity index (χ3v) is 7.95. The van der Waals surface area contributed by atoms with E-state index >= 15 is 0 Å². The molecule has 37 heavy (non-hydrogen) atoms. The number of esters is 1. The van der Waals surface area contributed by atoms with Crippen molar-refractivity contribution in [1.82, 2.24) is 14.3 Å². The number of carbonyl (C=O) groups excluding carboxylic acids is 3. The number of aliphatic hydroxyl groups excluding tert-OH is 1. The summed E-state index contributed by atoms with van der Waals surface area (Å²) in [5.41, 5.74) is 0.923. The Balaban J connectivity index is 1.50. The summed E-state index contributed by atoms with van der Waals surface area (Å²) in [6, 6.07) is 2.85. The Morgan fingerprint density at radius 3 is 2.76 bits per heavy atom. The molecule has 2 aliphatic rings. The Morgan fingerprint density at radius 1 is 1.32 bits per heavy atom. The molecule has 5 rings (SSSR count). The van der Waals surface area contributed by atoms with Crippen LogP contribution in [0.25, 0.3) is 10.4 Å². The maximum atomic E-state index is 13.3. The lowest BCUT2D eigenvalue weighted by molar-refractivity contribution is -0.686. The summed E-state index contributed by atoms with van der Waals surface area (Å²) in [5, 5.41) is 20.0. The maximum Gasteiger partial charge on any atom is 0.372 e. The van der Waals surface area contributed by atoms with Crippen molar-refractivity contribution in [1.29, 1.82) is 0 Å². The van der Waals surface area contributed by atoms with Gasteiger partial charge in [0.05, 0.1) is 35.1 Å². The monoisotopic (exact) mass is 525 g/mol. The Hall–Kier alpha value is -3.90. The van der Waals surface area contributed by atoms with Crippen LogP contribution in [0.15, 0.2) is 42.7 Å². The van der Waals surface area contributed by atoms with Gasteiger partial charge in [-0.1, -0.05) is 6.92 Å². The van der Waals surface area contributed by atoms with Gasteiger partial charge in [0.15, 0.2) is 12.4 Å². The predicted octanol–water partition coefficient (Wildman–Crippen LogP) is 1.13. The molecule has 12 heteroatoms. The van der Waals surface area contributed by atoms with Gasteiger partial charge in [0.1, 0.15) is 22.5 Å². The van der Waals surface area contributed by atoms with Gasteiger partial charge in [0, 0.05) is 23.8 Å². The predicted molar refractivity (Wildman–Crippen MR) is 129 cm³/mol. The number of imidazole rings is 1. The Labute approximate surface area is 215 Å². The summed E-state index contributed by atoms with van der Waals surface area (Å²) in [5.74, 6) is -3.38. The number of carboxylic acid groups (broad SMARTS) is 1. The van der Waals surface area contributed by atoms with Gasteiger partial charge in [0.2, 0.25) is 18.2 Å². The van der Waals surface area contributed by atoms with Crippen LogP contribution >= 0.6 is 11.3 Å². The minimum Gasteiger partial charge on any atom is -0.477 e. The first-order chi connectivity index (χ1) is 17.6. The zero-order valence-corrected chi connectivity index (χ0v) is 21.1. The molecule has 0 unspecified atom stereocenters. The summed E-state index contributed by atoms with van der Waals surface area (Å²) in [4.78, 5) is 56.7. The molecule has 2 N–H and O–H groups in total. The number of ether oxygens (including phenoxy) is 1. The zero-order valence-electron chi connectivity index (χ0n) is 20.3. The van der Waals surface area contributed by atoms with Gasteiger partial charge in [-0.25, -0.2) is 14.6 Å². The number of carboxylic acids is 1. The van der Waals surface area contributed by atoms with Crippen LogP contribution in [0, 0.1) is 11.8 Å². The summed E-state index contributed by atoms with van der Waals surface area (Å²) < 4.78 is 8.18. The van der Waals surface area contributed by atoms with Gasteiger partial charge >= 0.3 is 11.9 Å². The Kier molecular flexibility index (Phi) is 6.16. The van der Waals surface area contributed by atoms with Crippen LogP contribution in [0.3, 0.4) is 0 Å². The lowest BCUT2D eigenvalue weighted by Crippen LogP contribution is -2.63. The first-order valence-electron chi connectivity index (χ1n) is 11.8. The molecule has 2 aliphatic heterocycles. The fourth-order valence-electron chi connectivity index (χ4n) is 5.22. The second-order valence-corrected chi connectivity index (χ2v) is 10.2. The topological polar surface area (TPSA) is 142 Å². The van der Waals surface area contributed by atoms with Crippen LogP contribution < -0.4 is 4.57 Å². The van der Waals surface area contributed by atoms with Crippen LogP contribution in [-0.2, 0) is 25.7 Å². The number of β-lactam (4-membered cyclic amide) rings is 1. The molecule has 1 amide bonds. The van der Waals surface area contributed by atoms with E-state index < -0.39 is 35.9 Å². The number of ketones is 1. The SMILES string of the molecule is CCOC(=O)C[n+]1cccc(C(=O)c2ncn3cc(C4=C(C(=O)O)N5C(=O)[C@H]([C@@H](C)O)[C@H]5[C@H]4C)sc23)c1. The van der Waals surface area contributed by atoms with E-state index in [4.69, 9.17) is 4.74 Å². The molecule has 1 fully saturated rings. The van der Waals surface area contributed by atoms with Crippen LogP contribution in [0.5, 0.6) is 0 Å². The van der Waals surface area contributed by atoms with Crippen molar-refractivity contribution < 1.29 is 38.7 Å². The molecular formula is C25H25N4O7S+. The number of rotatable bonds is 8. The van der Waals surface area contributed by atoms with Crippen molar-refractivity contribution in [2.24, 2.45) is 11.8 Å². The van der Waals surface area contributed by atoms with Crippen molar-refractivity contribution in [3.63, 3.8) is 0 Å². The number of pyridine rings is 1. The summed E-state index contributed by atoms with van der Waals surface area (Å²) in [7, 11) is 0. The number of thiazole rings is 1. The fraction of sp³-hybridized carbons (Fsp3) is 0.360. The van der Waals surface area contributed by atoms with Gasteiger partial charge in [-0.15, -0.1) is 11.3 Å². The number of fused-ring (bicyclic) bond motifs is 2. The highest BCUT2D eigenvalue weighted by atomic mass is 32.1. The average molecular weight is 526 g/mol. The molecule has 3 aromatic rings. The third kappa shape index (κ3) is 3.92.